The molecule has 1 aromatic rings. The van der Waals surface area contributed by atoms with Gasteiger partial charge in [-0.1, -0.05) is 13.0 Å². The number of nitrogens with one attached hydrogen (secondary N) is 1. The fourth-order valence-electron chi connectivity index (χ4n) is 2.66. The van der Waals surface area contributed by atoms with Gasteiger partial charge in [-0.2, -0.15) is 0 Å². The molecule has 1 atom stereocenters. The number of non-ortho nitro benzene ring substituents is 1. The summed E-state index contributed by atoms with van der Waals surface area (Å²) >= 11 is 0. The standard InChI is InChI=1S/C16H22N4O4/c1-3-18-7-9-19(10-8-18)16(22)12(2)17-15(21)13-5-4-6-14(11-13)20(23)24/h4-6,11-12H,3,7-10H2,1-2H3,(H,17,21)/t12-/m0/s1. The highest BCUT2D eigenvalue weighted by molar-refractivity contribution is 5.97. The van der Waals surface area contributed by atoms with Crippen molar-refractivity contribution < 1.29 is 14.5 Å². The van der Waals surface area contributed by atoms with Crippen LogP contribution in [0, 0.1) is 10.1 Å². The van der Waals surface area contributed by atoms with Crippen molar-refractivity contribution in [2.75, 3.05) is 32.7 Å². The summed E-state index contributed by atoms with van der Waals surface area (Å²) < 4.78 is 0. The SMILES string of the molecule is CCN1CCN(C(=O)[C@H](C)NC(=O)c2cccc([N+](=O)[O-])c2)CC1. The number of rotatable bonds is 5. The highest BCUT2D eigenvalue weighted by Gasteiger charge is 2.25. The predicted octanol–water partition coefficient (Wildman–Crippen LogP) is 0.877. The molecule has 1 heterocycles. The highest BCUT2D eigenvalue weighted by Crippen LogP contribution is 2.13. The summed E-state index contributed by atoms with van der Waals surface area (Å²) in [6.07, 6.45) is 0. The molecule has 0 unspecified atom stereocenters. The van der Waals surface area contributed by atoms with E-state index in [1.165, 1.54) is 24.3 Å². The summed E-state index contributed by atoms with van der Waals surface area (Å²) in [5.74, 6) is -0.628. The zero-order chi connectivity index (χ0) is 17.7. The maximum atomic E-state index is 12.4. The number of likely N-dealkylation sites (N-methyl/N-ethyl adjacent to an activating group) is 1. The molecule has 8 heteroatoms. The Morgan fingerprint density at radius 1 is 1.29 bits per heavy atom. The lowest BCUT2D eigenvalue weighted by molar-refractivity contribution is -0.384. The Labute approximate surface area is 140 Å². The van der Waals surface area contributed by atoms with Crippen LogP contribution in [0.3, 0.4) is 0 Å². The van der Waals surface area contributed by atoms with Crippen LogP contribution < -0.4 is 5.32 Å². The van der Waals surface area contributed by atoms with Crippen LogP contribution >= 0.6 is 0 Å². The first-order valence-corrected chi connectivity index (χ1v) is 7.98. The fourth-order valence-corrected chi connectivity index (χ4v) is 2.66. The van der Waals surface area contributed by atoms with Crippen LogP contribution in [0.1, 0.15) is 24.2 Å². The smallest absolute Gasteiger partial charge is 0.270 e. The molecule has 1 fully saturated rings. The molecule has 0 saturated carbocycles. The first-order valence-electron chi connectivity index (χ1n) is 7.98. The average molecular weight is 334 g/mol. The van der Waals surface area contributed by atoms with Crippen molar-refractivity contribution >= 4 is 17.5 Å². The lowest BCUT2D eigenvalue weighted by Gasteiger charge is -2.35. The Hall–Kier alpha value is -2.48. The van der Waals surface area contributed by atoms with Crippen molar-refractivity contribution in [1.82, 2.24) is 15.1 Å². The van der Waals surface area contributed by atoms with Gasteiger partial charge in [0.1, 0.15) is 6.04 Å². The molecule has 1 aromatic carbocycles. The molecule has 1 aliphatic rings. The Balaban J connectivity index is 1.95. The van der Waals surface area contributed by atoms with Crippen LogP contribution in [0.4, 0.5) is 5.69 Å². The Kier molecular flexibility index (Phi) is 5.86. The molecule has 1 aliphatic heterocycles. The van der Waals surface area contributed by atoms with Crippen molar-refractivity contribution in [2.24, 2.45) is 0 Å². The minimum Gasteiger partial charge on any atom is -0.341 e. The van der Waals surface area contributed by atoms with Gasteiger partial charge in [-0.15, -0.1) is 0 Å². The minimum atomic E-state index is -0.676. The van der Waals surface area contributed by atoms with Gasteiger partial charge in [0.2, 0.25) is 5.91 Å². The number of hydrogen-bond donors (Lipinski definition) is 1. The molecule has 0 aliphatic carbocycles. The Bertz CT molecular complexity index is 626. The number of carbonyl (C=O) groups is 2. The molecule has 0 aromatic heterocycles. The summed E-state index contributed by atoms with van der Waals surface area (Å²) in [5.41, 5.74) is 0.0111. The number of nitrogens with zero attached hydrogens (tertiary/aromatic N) is 3. The molecule has 130 valence electrons. The fraction of sp³-hybridized carbons (Fsp3) is 0.500. The van der Waals surface area contributed by atoms with Crippen LogP contribution in [0.25, 0.3) is 0 Å². The van der Waals surface area contributed by atoms with Crippen LogP contribution in [-0.2, 0) is 4.79 Å². The van der Waals surface area contributed by atoms with E-state index in [4.69, 9.17) is 0 Å². The minimum absolute atomic E-state index is 0.135. The van der Waals surface area contributed by atoms with Gasteiger partial charge in [-0.25, -0.2) is 0 Å². The van der Waals surface area contributed by atoms with Crippen LogP contribution in [0.15, 0.2) is 24.3 Å². The second-order valence-electron chi connectivity index (χ2n) is 5.76. The zero-order valence-electron chi connectivity index (χ0n) is 13.9. The van der Waals surface area contributed by atoms with E-state index in [0.717, 1.165) is 19.6 Å². The molecule has 1 saturated heterocycles. The van der Waals surface area contributed by atoms with Gasteiger partial charge in [-0.05, 0) is 19.5 Å². The number of hydrogen-bond acceptors (Lipinski definition) is 5. The highest BCUT2D eigenvalue weighted by atomic mass is 16.6. The van der Waals surface area contributed by atoms with E-state index in [1.807, 2.05) is 0 Å². The van der Waals surface area contributed by atoms with Crippen LogP contribution in [0.5, 0.6) is 0 Å². The first kappa shape index (κ1) is 17.9. The Morgan fingerprint density at radius 3 is 2.54 bits per heavy atom. The van der Waals surface area contributed by atoms with Crippen molar-refractivity contribution in [2.45, 2.75) is 19.9 Å². The van der Waals surface area contributed by atoms with E-state index in [0.29, 0.717) is 13.1 Å². The average Bonchev–Trinajstić information content (AvgIpc) is 2.61. The predicted molar refractivity (Wildman–Crippen MR) is 88.7 cm³/mol. The van der Waals surface area contributed by atoms with Crippen molar-refractivity contribution in [3.05, 3.63) is 39.9 Å². The third kappa shape index (κ3) is 4.29. The quantitative estimate of drug-likeness (QED) is 0.637. The second-order valence-corrected chi connectivity index (χ2v) is 5.76. The number of benzene rings is 1. The van der Waals surface area contributed by atoms with Crippen LogP contribution in [-0.4, -0.2) is 65.3 Å². The first-order chi connectivity index (χ1) is 11.4. The largest absolute Gasteiger partial charge is 0.341 e. The molecule has 0 radical (unpaired) electrons. The maximum Gasteiger partial charge on any atom is 0.270 e. The maximum absolute atomic E-state index is 12.4. The number of nitro benzene ring substituents is 1. The number of amides is 2. The molecular formula is C16H22N4O4. The van der Waals surface area contributed by atoms with Gasteiger partial charge in [0.25, 0.3) is 11.6 Å². The summed E-state index contributed by atoms with van der Waals surface area (Å²) in [6, 6.07) is 4.78. The third-order valence-corrected chi connectivity index (χ3v) is 4.17. The molecule has 8 nitrogen and oxygen atoms in total. The number of carbonyl (C=O) groups excluding carboxylic acids is 2. The van der Waals surface area contributed by atoms with Gasteiger partial charge in [-0.3, -0.25) is 19.7 Å². The summed E-state index contributed by atoms with van der Waals surface area (Å²) in [5, 5.41) is 13.4. The molecule has 2 rings (SSSR count). The van der Waals surface area contributed by atoms with Crippen LogP contribution in [0.2, 0.25) is 0 Å². The van der Waals surface area contributed by atoms with E-state index in [1.54, 1.807) is 11.8 Å². The molecular weight excluding hydrogens is 312 g/mol. The molecule has 24 heavy (non-hydrogen) atoms. The normalized spacial score (nSPS) is 16.5. The van der Waals surface area contributed by atoms with Gasteiger partial charge >= 0.3 is 0 Å². The van der Waals surface area contributed by atoms with Crippen molar-refractivity contribution in [3.63, 3.8) is 0 Å². The van der Waals surface area contributed by atoms with E-state index >= 15 is 0 Å². The summed E-state index contributed by atoms with van der Waals surface area (Å²) in [6.45, 7) is 7.61. The number of piperazine rings is 1. The van der Waals surface area contributed by atoms with Gasteiger partial charge in [0, 0.05) is 43.9 Å². The summed E-state index contributed by atoms with van der Waals surface area (Å²) in [4.78, 5) is 38.8. The van der Waals surface area contributed by atoms with E-state index in [9.17, 15) is 19.7 Å². The molecule has 0 bridgehead atoms. The Morgan fingerprint density at radius 2 is 1.96 bits per heavy atom. The summed E-state index contributed by atoms with van der Waals surface area (Å²) in [7, 11) is 0. The number of nitro groups is 1. The second kappa shape index (κ2) is 7.87. The van der Waals surface area contributed by atoms with Crippen molar-refractivity contribution in [1.29, 1.82) is 0 Å². The topological polar surface area (TPSA) is 95.8 Å². The zero-order valence-corrected chi connectivity index (χ0v) is 13.9. The monoisotopic (exact) mass is 334 g/mol. The third-order valence-electron chi connectivity index (χ3n) is 4.17. The van der Waals surface area contributed by atoms with E-state index in [-0.39, 0.29) is 17.2 Å². The molecule has 1 N–H and O–H groups in total. The van der Waals surface area contributed by atoms with E-state index in [2.05, 4.69) is 17.1 Å². The molecule has 2 amide bonds. The lowest BCUT2D eigenvalue weighted by atomic mass is 10.1. The van der Waals surface area contributed by atoms with Gasteiger partial charge in [0.05, 0.1) is 4.92 Å². The lowest BCUT2D eigenvalue weighted by Crippen LogP contribution is -2.54. The van der Waals surface area contributed by atoms with Gasteiger partial charge < -0.3 is 15.1 Å². The van der Waals surface area contributed by atoms with Crippen molar-refractivity contribution in [3.8, 4) is 0 Å². The van der Waals surface area contributed by atoms with E-state index < -0.39 is 16.9 Å². The molecule has 0 spiro atoms. The van der Waals surface area contributed by atoms with Gasteiger partial charge in [0.15, 0.2) is 0 Å².